The van der Waals surface area contributed by atoms with Gasteiger partial charge in [0.25, 0.3) is 5.56 Å². The van der Waals surface area contributed by atoms with Gasteiger partial charge in [0.1, 0.15) is 12.1 Å². The number of benzene rings is 1. The highest BCUT2D eigenvalue weighted by Gasteiger charge is 2.11. The quantitative estimate of drug-likeness (QED) is 0.547. The Bertz CT molecular complexity index is 1170. The van der Waals surface area contributed by atoms with Gasteiger partial charge in [-0.3, -0.25) is 9.59 Å². The fourth-order valence-corrected chi connectivity index (χ4v) is 3.96. The highest BCUT2D eigenvalue weighted by Crippen LogP contribution is 2.14. The monoisotopic (exact) mass is 391 g/mol. The second-order valence-corrected chi connectivity index (χ2v) is 7.87. The molecule has 1 N–H and O–H groups in total. The average Bonchev–Trinajstić information content (AvgIpc) is 3.33. The third kappa shape index (κ3) is 3.92. The summed E-state index contributed by atoms with van der Waals surface area (Å²) >= 11 is 1.59. The Morgan fingerprint density at radius 3 is 2.64 bits per heavy atom. The molecule has 0 unspecified atom stereocenters. The van der Waals surface area contributed by atoms with Crippen molar-refractivity contribution in [3.05, 3.63) is 92.7 Å². The van der Waals surface area contributed by atoms with Gasteiger partial charge in [0, 0.05) is 29.2 Å². The number of amides is 1. The van der Waals surface area contributed by atoms with E-state index in [0.29, 0.717) is 18.6 Å². The molecule has 1 aromatic carbocycles. The molecule has 0 bridgehead atoms. The zero-order valence-corrected chi connectivity index (χ0v) is 16.4. The number of hydrogen-bond acceptors (Lipinski definition) is 3. The molecule has 1 amide bonds. The molecule has 0 saturated carbocycles. The molecule has 6 heteroatoms. The van der Waals surface area contributed by atoms with Gasteiger partial charge in [-0.1, -0.05) is 35.9 Å². The zero-order chi connectivity index (χ0) is 19.5. The normalized spacial score (nSPS) is 11.0. The summed E-state index contributed by atoms with van der Waals surface area (Å²) in [4.78, 5) is 26.4. The predicted molar refractivity (Wildman–Crippen MR) is 113 cm³/mol. The number of nitrogens with one attached hydrogen (secondary N) is 1. The molecule has 3 heterocycles. The third-order valence-corrected chi connectivity index (χ3v) is 5.56. The number of pyridine rings is 1. The van der Waals surface area contributed by atoms with Crippen LogP contribution in [0.4, 0.5) is 0 Å². The predicted octanol–water partition coefficient (Wildman–Crippen LogP) is 3.54. The van der Waals surface area contributed by atoms with Crippen LogP contribution in [0.15, 0.2) is 71.1 Å². The van der Waals surface area contributed by atoms with Crippen molar-refractivity contribution >= 4 is 28.1 Å². The van der Waals surface area contributed by atoms with Crippen molar-refractivity contribution in [2.24, 2.45) is 0 Å². The minimum atomic E-state index is -0.174. The molecule has 3 aromatic heterocycles. The van der Waals surface area contributed by atoms with Crippen molar-refractivity contribution in [2.75, 3.05) is 0 Å². The lowest BCUT2D eigenvalue weighted by molar-refractivity contribution is -0.121. The molecular formula is C22H21N3O2S. The topological polar surface area (TPSA) is 56.0 Å². The summed E-state index contributed by atoms with van der Waals surface area (Å²) in [5.41, 5.74) is 2.80. The van der Waals surface area contributed by atoms with Crippen LogP contribution >= 0.6 is 11.3 Å². The summed E-state index contributed by atoms with van der Waals surface area (Å²) in [5.74, 6) is -0.174. The van der Waals surface area contributed by atoms with Crippen LogP contribution in [0, 0.1) is 6.92 Å². The first-order valence-electron chi connectivity index (χ1n) is 9.13. The van der Waals surface area contributed by atoms with Crippen LogP contribution in [-0.4, -0.2) is 15.0 Å². The smallest absolute Gasteiger partial charge is 0.275 e. The number of aryl methyl sites for hydroxylation is 1. The summed E-state index contributed by atoms with van der Waals surface area (Å²) in [6, 6.07) is 16.0. The SMILES string of the molecule is Cc1cccc(Cn2ccc3ccn(CC(=O)NCc4cccs4)c(=O)c32)c1. The van der Waals surface area contributed by atoms with Gasteiger partial charge < -0.3 is 14.5 Å². The van der Waals surface area contributed by atoms with Gasteiger partial charge in [0.2, 0.25) is 5.91 Å². The van der Waals surface area contributed by atoms with Crippen molar-refractivity contribution in [1.82, 2.24) is 14.5 Å². The standard InChI is InChI=1S/C22H21N3O2S/c1-16-4-2-5-17(12-16)14-24-9-7-18-8-10-25(22(27)21(18)24)15-20(26)23-13-19-6-3-11-28-19/h2-12H,13-15H2,1H3,(H,23,26). The van der Waals surface area contributed by atoms with Crippen LogP contribution in [0.5, 0.6) is 0 Å². The van der Waals surface area contributed by atoms with E-state index < -0.39 is 0 Å². The molecule has 0 atom stereocenters. The van der Waals surface area contributed by atoms with Gasteiger partial charge in [-0.2, -0.15) is 0 Å². The second kappa shape index (κ2) is 7.86. The molecule has 0 fully saturated rings. The van der Waals surface area contributed by atoms with E-state index in [-0.39, 0.29) is 18.0 Å². The molecule has 0 aliphatic rings. The molecule has 0 radical (unpaired) electrons. The number of rotatable bonds is 6. The van der Waals surface area contributed by atoms with Crippen LogP contribution in [-0.2, 0) is 24.4 Å². The first kappa shape index (κ1) is 18.3. The van der Waals surface area contributed by atoms with Crippen LogP contribution in [0.25, 0.3) is 10.9 Å². The van der Waals surface area contributed by atoms with E-state index in [9.17, 15) is 9.59 Å². The van der Waals surface area contributed by atoms with Gasteiger partial charge in [0.15, 0.2) is 0 Å². The number of aromatic nitrogens is 2. The first-order chi connectivity index (χ1) is 13.6. The van der Waals surface area contributed by atoms with E-state index in [1.54, 1.807) is 17.5 Å². The van der Waals surface area contributed by atoms with Crippen LogP contribution < -0.4 is 10.9 Å². The lowest BCUT2D eigenvalue weighted by Gasteiger charge is -2.10. The van der Waals surface area contributed by atoms with E-state index in [2.05, 4.69) is 30.4 Å². The Morgan fingerprint density at radius 1 is 1.07 bits per heavy atom. The Balaban J connectivity index is 1.55. The fourth-order valence-electron chi connectivity index (χ4n) is 3.32. The lowest BCUT2D eigenvalue weighted by Crippen LogP contribution is -2.32. The minimum Gasteiger partial charge on any atom is -0.350 e. The van der Waals surface area contributed by atoms with Crippen molar-refractivity contribution in [3.8, 4) is 0 Å². The maximum atomic E-state index is 13.0. The van der Waals surface area contributed by atoms with Crippen molar-refractivity contribution in [2.45, 2.75) is 26.6 Å². The Labute approximate surface area is 166 Å². The highest BCUT2D eigenvalue weighted by atomic mass is 32.1. The summed E-state index contributed by atoms with van der Waals surface area (Å²) < 4.78 is 3.42. The van der Waals surface area contributed by atoms with Gasteiger partial charge in [-0.05, 0) is 36.1 Å². The largest absolute Gasteiger partial charge is 0.350 e. The van der Waals surface area contributed by atoms with Gasteiger partial charge in [-0.25, -0.2) is 0 Å². The molecule has 142 valence electrons. The molecule has 0 aliphatic carbocycles. The zero-order valence-electron chi connectivity index (χ0n) is 15.6. The number of thiophene rings is 1. The molecule has 0 saturated heterocycles. The van der Waals surface area contributed by atoms with E-state index in [1.807, 2.05) is 46.5 Å². The van der Waals surface area contributed by atoms with Gasteiger partial charge >= 0.3 is 0 Å². The van der Waals surface area contributed by atoms with E-state index >= 15 is 0 Å². The van der Waals surface area contributed by atoms with Gasteiger partial charge in [-0.15, -0.1) is 11.3 Å². The van der Waals surface area contributed by atoms with E-state index in [4.69, 9.17) is 0 Å². The third-order valence-electron chi connectivity index (χ3n) is 4.68. The van der Waals surface area contributed by atoms with Crippen LogP contribution in [0.3, 0.4) is 0 Å². The molecule has 0 spiro atoms. The van der Waals surface area contributed by atoms with Crippen molar-refractivity contribution in [3.63, 3.8) is 0 Å². The number of fused-ring (bicyclic) bond motifs is 1. The lowest BCUT2D eigenvalue weighted by atomic mass is 10.1. The molecule has 28 heavy (non-hydrogen) atoms. The number of carbonyl (C=O) groups excluding carboxylic acids is 1. The molecule has 0 aliphatic heterocycles. The highest BCUT2D eigenvalue weighted by molar-refractivity contribution is 7.09. The molecule has 4 rings (SSSR count). The second-order valence-electron chi connectivity index (χ2n) is 6.84. The van der Waals surface area contributed by atoms with Crippen molar-refractivity contribution < 1.29 is 4.79 Å². The maximum absolute atomic E-state index is 13.0. The Kier molecular flexibility index (Phi) is 5.12. The van der Waals surface area contributed by atoms with E-state index in [0.717, 1.165) is 15.8 Å². The number of hydrogen-bond donors (Lipinski definition) is 1. The summed E-state index contributed by atoms with van der Waals surface area (Å²) in [5, 5.41) is 5.73. The maximum Gasteiger partial charge on any atom is 0.275 e. The molecular weight excluding hydrogens is 370 g/mol. The molecule has 5 nitrogen and oxygen atoms in total. The summed E-state index contributed by atoms with van der Waals surface area (Å²) in [6.07, 6.45) is 3.61. The van der Waals surface area contributed by atoms with E-state index in [1.165, 1.54) is 10.1 Å². The summed E-state index contributed by atoms with van der Waals surface area (Å²) in [7, 11) is 0. The minimum absolute atomic E-state index is 0.00970. The fraction of sp³-hybridized carbons (Fsp3) is 0.182. The Hall–Kier alpha value is -3.12. The molecule has 4 aromatic rings. The first-order valence-corrected chi connectivity index (χ1v) is 10.0. The van der Waals surface area contributed by atoms with Crippen molar-refractivity contribution in [1.29, 1.82) is 0 Å². The van der Waals surface area contributed by atoms with Gasteiger partial charge in [0.05, 0.1) is 6.54 Å². The Morgan fingerprint density at radius 2 is 1.89 bits per heavy atom. The number of carbonyl (C=O) groups is 1. The summed E-state index contributed by atoms with van der Waals surface area (Å²) in [6.45, 7) is 3.17. The average molecular weight is 391 g/mol. The van der Waals surface area contributed by atoms with Crippen LogP contribution in [0.2, 0.25) is 0 Å². The van der Waals surface area contributed by atoms with Crippen LogP contribution in [0.1, 0.15) is 16.0 Å². The number of nitrogens with zero attached hydrogens (tertiary/aromatic N) is 2.